The average Bonchev–Trinajstić information content (AvgIpc) is 2.85. The van der Waals surface area contributed by atoms with E-state index < -0.39 is 0 Å². The second kappa shape index (κ2) is 5.58. The number of pyridine rings is 1. The molecule has 0 aliphatic rings. The van der Waals surface area contributed by atoms with Gasteiger partial charge in [-0.2, -0.15) is 0 Å². The third-order valence-corrected chi connectivity index (χ3v) is 3.85. The molecule has 22 heavy (non-hydrogen) atoms. The average molecular weight is 291 g/mol. The quantitative estimate of drug-likeness (QED) is 0.569. The lowest BCUT2D eigenvalue weighted by molar-refractivity contribution is 0.788. The van der Waals surface area contributed by atoms with Gasteiger partial charge in [0.25, 0.3) is 0 Å². The summed E-state index contributed by atoms with van der Waals surface area (Å²) in [5, 5.41) is 1.16. The molecular formula is C18H17N3O. The maximum atomic E-state index is 4.66. The number of para-hydroxylation sites is 1. The number of aromatic nitrogens is 3. The molecule has 0 bridgehead atoms. The summed E-state index contributed by atoms with van der Waals surface area (Å²) in [6.45, 7) is 2.88. The maximum Gasteiger partial charge on any atom is 0.108 e. The van der Waals surface area contributed by atoms with Crippen LogP contribution in [0.2, 0.25) is 0 Å². The zero-order valence-electron chi connectivity index (χ0n) is 12.3. The van der Waals surface area contributed by atoms with Gasteiger partial charge in [-0.1, -0.05) is 48.5 Å². The Balaban J connectivity index is 0.00000144. The monoisotopic (exact) mass is 291 g/mol. The van der Waals surface area contributed by atoms with E-state index in [0.29, 0.717) is 0 Å². The highest BCUT2D eigenvalue weighted by atomic mass is 16.0. The summed E-state index contributed by atoms with van der Waals surface area (Å²) < 4.78 is 2.27. The molecule has 110 valence electrons. The van der Waals surface area contributed by atoms with Gasteiger partial charge < -0.3 is 10.0 Å². The van der Waals surface area contributed by atoms with E-state index in [1.165, 1.54) is 11.1 Å². The summed E-state index contributed by atoms with van der Waals surface area (Å²) in [5.41, 5.74) is 4.42. The topological polar surface area (TPSA) is 62.2 Å². The van der Waals surface area contributed by atoms with E-state index >= 15 is 0 Å². The summed E-state index contributed by atoms with van der Waals surface area (Å²) in [4.78, 5) is 9.15. The lowest BCUT2D eigenvalue weighted by atomic mass is 10.2. The van der Waals surface area contributed by atoms with Crippen LogP contribution in [0.3, 0.4) is 0 Å². The number of imidazole rings is 1. The second-order valence-electron chi connectivity index (χ2n) is 5.24. The lowest BCUT2D eigenvalue weighted by Gasteiger charge is -2.08. The van der Waals surface area contributed by atoms with Crippen LogP contribution in [0.4, 0.5) is 0 Å². The minimum Gasteiger partial charge on any atom is -0.412 e. The van der Waals surface area contributed by atoms with E-state index in [4.69, 9.17) is 0 Å². The van der Waals surface area contributed by atoms with E-state index in [1.54, 1.807) is 0 Å². The minimum absolute atomic E-state index is 0. The van der Waals surface area contributed by atoms with Crippen molar-refractivity contribution < 1.29 is 5.48 Å². The van der Waals surface area contributed by atoms with Crippen molar-refractivity contribution in [2.45, 2.75) is 13.5 Å². The third kappa shape index (κ3) is 2.23. The number of rotatable bonds is 2. The molecule has 0 aliphatic heterocycles. The van der Waals surface area contributed by atoms with Crippen molar-refractivity contribution in [1.82, 2.24) is 14.5 Å². The van der Waals surface area contributed by atoms with Gasteiger partial charge in [-0.25, -0.2) is 4.98 Å². The maximum absolute atomic E-state index is 4.66. The van der Waals surface area contributed by atoms with Gasteiger partial charge in [-0.05, 0) is 18.6 Å². The molecule has 0 aliphatic carbocycles. The Kier molecular flexibility index (Phi) is 3.61. The van der Waals surface area contributed by atoms with Crippen molar-refractivity contribution >= 4 is 21.9 Å². The van der Waals surface area contributed by atoms with Crippen LogP contribution >= 0.6 is 0 Å². The van der Waals surface area contributed by atoms with Gasteiger partial charge in [-0.3, -0.25) is 4.98 Å². The molecule has 0 fully saturated rings. The largest absolute Gasteiger partial charge is 0.412 e. The van der Waals surface area contributed by atoms with Crippen molar-refractivity contribution in [1.29, 1.82) is 0 Å². The van der Waals surface area contributed by atoms with Crippen molar-refractivity contribution in [2.24, 2.45) is 0 Å². The van der Waals surface area contributed by atoms with Crippen molar-refractivity contribution in [2.75, 3.05) is 0 Å². The Morgan fingerprint density at radius 1 is 0.909 bits per heavy atom. The molecule has 0 unspecified atom stereocenters. The second-order valence-corrected chi connectivity index (χ2v) is 5.24. The molecule has 0 saturated carbocycles. The number of nitrogens with zero attached hydrogens (tertiary/aromatic N) is 3. The molecule has 4 nitrogen and oxygen atoms in total. The summed E-state index contributed by atoms with van der Waals surface area (Å²) in [6.07, 6.45) is 1.87. The number of hydrogen-bond acceptors (Lipinski definition) is 2. The summed E-state index contributed by atoms with van der Waals surface area (Å²) in [6, 6.07) is 18.7. The van der Waals surface area contributed by atoms with E-state index in [-0.39, 0.29) is 5.48 Å². The fraction of sp³-hybridized carbons (Fsp3) is 0.111. The molecule has 4 aromatic rings. The van der Waals surface area contributed by atoms with Crippen LogP contribution in [-0.2, 0) is 6.54 Å². The molecular weight excluding hydrogens is 274 g/mol. The molecule has 0 spiro atoms. The first-order valence-corrected chi connectivity index (χ1v) is 7.07. The molecule has 2 N–H and O–H groups in total. The Morgan fingerprint density at radius 2 is 1.64 bits per heavy atom. The first-order valence-electron chi connectivity index (χ1n) is 7.07. The molecule has 4 rings (SSSR count). The highest BCUT2D eigenvalue weighted by molar-refractivity contribution is 6.02. The zero-order valence-corrected chi connectivity index (χ0v) is 12.3. The van der Waals surface area contributed by atoms with E-state index in [9.17, 15) is 0 Å². The summed E-state index contributed by atoms with van der Waals surface area (Å²) in [5.74, 6) is 1.02. The van der Waals surface area contributed by atoms with Crippen LogP contribution in [-0.4, -0.2) is 20.0 Å². The Morgan fingerprint density at radius 3 is 2.45 bits per heavy atom. The first kappa shape index (κ1) is 14.2. The van der Waals surface area contributed by atoms with Crippen LogP contribution in [0, 0.1) is 6.92 Å². The standard InChI is InChI=1S/C18H15N3.H2O/c1-13-20-17-11-19-16-10-6-5-9-15(16)18(17)21(13)12-14-7-3-2-4-8-14;/h2-11H,12H2,1H3;1H2. The molecule has 0 saturated heterocycles. The van der Waals surface area contributed by atoms with Crippen LogP contribution in [0.25, 0.3) is 21.9 Å². The number of fused-ring (bicyclic) bond motifs is 3. The fourth-order valence-electron chi connectivity index (χ4n) is 2.84. The fourth-order valence-corrected chi connectivity index (χ4v) is 2.84. The Labute approximate surface area is 128 Å². The zero-order chi connectivity index (χ0) is 14.2. The summed E-state index contributed by atoms with van der Waals surface area (Å²) >= 11 is 0. The van der Waals surface area contributed by atoms with Gasteiger partial charge in [0.1, 0.15) is 11.3 Å². The van der Waals surface area contributed by atoms with Crippen LogP contribution < -0.4 is 0 Å². The SMILES string of the molecule is Cc1nc2cnc3ccccc3c2n1Cc1ccccc1.O. The molecule has 4 heteroatoms. The van der Waals surface area contributed by atoms with Crippen LogP contribution in [0.15, 0.2) is 60.8 Å². The minimum atomic E-state index is 0. The Hall–Kier alpha value is -2.72. The molecule has 0 radical (unpaired) electrons. The Bertz CT molecular complexity index is 929. The first-order chi connectivity index (χ1) is 10.3. The predicted octanol–water partition coefficient (Wildman–Crippen LogP) is 3.12. The number of benzene rings is 2. The van der Waals surface area contributed by atoms with Crippen molar-refractivity contribution in [3.05, 3.63) is 72.2 Å². The van der Waals surface area contributed by atoms with Gasteiger partial charge in [0, 0.05) is 11.9 Å². The molecule has 0 atom stereocenters. The normalized spacial score (nSPS) is 10.8. The van der Waals surface area contributed by atoms with E-state index in [0.717, 1.165) is 28.8 Å². The lowest BCUT2D eigenvalue weighted by Crippen LogP contribution is -2.02. The highest BCUT2D eigenvalue weighted by Gasteiger charge is 2.11. The van der Waals surface area contributed by atoms with Gasteiger partial charge in [0.15, 0.2) is 0 Å². The van der Waals surface area contributed by atoms with E-state index in [1.807, 2.05) is 24.4 Å². The summed E-state index contributed by atoms with van der Waals surface area (Å²) in [7, 11) is 0. The smallest absolute Gasteiger partial charge is 0.108 e. The van der Waals surface area contributed by atoms with Gasteiger partial charge in [-0.15, -0.1) is 0 Å². The predicted molar refractivity (Wildman–Crippen MR) is 88.9 cm³/mol. The van der Waals surface area contributed by atoms with Crippen molar-refractivity contribution in [3.8, 4) is 0 Å². The van der Waals surface area contributed by atoms with Gasteiger partial charge in [0.05, 0.1) is 17.2 Å². The number of aryl methyl sites for hydroxylation is 1. The van der Waals surface area contributed by atoms with Gasteiger partial charge in [0.2, 0.25) is 0 Å². The van der Waals surface area contributed by atoms with Gasteiger partial charge >= 0.3 is 0 Å². The van der Waals surface area contributed by atoms with Crippen LogP contribution in [0.1, 0.15) is 11.4 Å². The molecule has 2 aromatic heterocycles. The van der Waals surface area contributed by atoms with Crippen molar-refractivity contribution in [3.63, 3.8) is 0 Å². The molecule has 2 heterocycles. The highest BCUT2D eigenvalue weighted by Crippen LogP contribution is 2.25. The molecule has 0 amide bonds. The van der Waals surface area contributed by atoms with E-state index in [2.05, 4.69) is 57.9 Å². The number of hydrogen-bond donors (Lipinski definition) is 0. The molecule has 2 aromatic carbocycles. The van der Waals surface area contributed by atoms with Crippen LogP contribution in [0.5, 0.6) is 0 Å². The third-order valence-electron chi connectivity index (χ3n) is 3.85.